The first kappa shape index (κ1) is 25.8. The third-order valence-electron chi connectivity index (χ3n) is 5.08. The zero-order valence-corrected chi connectivity index (χ0v) is 22.2. The molecule has 1 amide bonds. The molecule has 0 bridgehead atoms. The normalized spacial score (nSPS) is 11.1. The van der Waals surface area contributed by atoms with Gasteiger partial charge in [0.2, 0.25) is 10.0 Å². The molecule has 0 heterocycles. The molecule has 0 atom stereocenters. The van der Waals surface area contributed by atoms with Gasteiger partial charge in [0, 0.05) is 9.13 Å². The van der Waals surface area contributed by atoms with Crippen molar-refractivity contribution in [2.75, 3.05) is 30.8 Å². The molecule has 0 aromatic heterocycles. The van der Waals surface area contributed by atoms with Gasteiger partial charge < -0.3 is 14.8 Å². The van der Waals surface area contributed by atoms with Crippen molar-refractivity contribution in [1.82, 2.24) is 5.32 Å². The summed E-state index contributed by atoms with van der Waals surface area (Å²) in [5.41, 5.74) is 2.78. The van der Waals surface area contributed by atoms with Crippen molar-refractivity contribution in [3.8, 4) is 11.5 Å². The lowest BCUT2D eigenvalue weighted by Gasteiger charge is -2.24. The van der Waals surface area contributed by atoms with E-state index in [0.717, 1.165) is 14.7 Å². The van der Waals surface area contributed by atoms with Crippen molar-refractivity contribution in [3.63, 3.8) is 0 Å². The number of para-hydroxylation sites is 2. The molecule has 0 unspecified atom stereocenters. The molecule has 3 aromatic carbocycles. The van der Waals surface area contributed by atoms with Gasteiger partial charge in [0.05, 0.1) is 32.1 Å². The molecule has 3 rings (SSSR count). The highest BCUT2D eigenvalue weighted by molar-refractivity contribution is 14.1. The number of anilines is 1. The predicted octanol–water partition coefficient (Wildman–Crippen LogP) is 4.38. The van der Waals surface area contributed by atoms with Crippen LogP contribution in [-0.4, -0.2) is 40.8 Å². The van der Waals surface area contributed by atoms with Crippen molar-refractivity contribution in [2.24, 2.45) is 0 Å². The second-order valence-electron chi connectivity index (χ2n) is 7.65. The third kappa shape index (κ3) is 6.86. The van der Waals surface area contributed by atoms with E-state index in [1.54, 1.807) is 43.5 Å². The van der Waals surface area contributed by atoms with Crippen LogP contribution in [0.5, 0.6) is 11.5 Å². The summed E-state index contributed by atoms with van der Waals surface area (Å²) in [6, 6.07) is 19.9. The van der Waals surface area contributed by atoms with E-state index >= 15 is 0 Å². The molecule has 0 aliphatic rings. The highest BCUT2D eigenvalue weighted by atomic mass is 127. The van der Waals surface area contributed by atoms with E-state index in [9.17, 15) is 13.2 Å². The number of nitrogens with one attached hydrogen (secondary N) is 1. The van der Waals surface area contributed by atoms with Crippen LogP contribution in [0.25, 0.3) is 0 Å². The van der Waals surface area contributed by atoms with Crippen LogP contribution in [0.3, 0.4) is 0 Å². The molecule has 0 fully saturated rings. The van der Waals surface area contributed by atoms with Gasteiger partial charge in [-0.05, 0) is 83.1 Å². The van der Waals surface area contributed by atoms with Crippen molar-refractivity contribution in [3.05, 3.63) is 87.0 Å². The van der Waals surface area contributed by atoms with Gasteiger partial charge >= 0.3 is 0 Å². The third-order valence-corrected chi connectivity index (χ3v) is 6.88. The van der Waals surface area contributed by atoms with Crippen LogP contribution in [0.15, 0.2) is 66.7 Å². The predicted molar refractivity (Wildman–Crippen MR) is 142 cm³/mol. The van der Waals surface area contributed by atoms with Crippen LogP contribution in [0.2, 0.25) is 0 Å². The van der Waals surface area contributed by atoms with Crippen LogP contribution in [0, 0.1) is 10.5 Å². The van der Waals surface area contributed by atoms with Gasteiger partial charge in [0.15, 0.2) is 11.5 Å². The number of carbonyl (C=O) groups is 1. The van der Waals surface area contributed by atoms with Gasteiger partial charge in [-0.3, -0.25) is 9.10 Å². The summed E-state index contributed by atoms with van der Waals surface area (Å²) in [4.78, 5) is 12.5. The van der Waals surface area contributed by atoms with E-state index < -0.39 is 10.0 Å². The molecule has 3 aromatic rings. The van der Waals surface area contributed by atoms with Gasteiger partial charge in [0.1, 0.15) is 6.61 Å². The van der Waals surface area contributed by atoms with E-state index in [0.29, 0.717) is 35.9 Å². The molecule has 0 saturated heterocycles. The molecule has 0 aliphatic heterocycles. The van der Waals surface area contributed by atoms with E-state index in [2.05, 4.69) is 27.9 Å². The SMILES string of the molecule is COc1ccccc1OCCNC(=O)c1ccc(CN(c2ccc(I)cc2C)S(C)(=O)=O)cc1. The summed E-state index contributed by atoms with van der Waals surface area (Å²) in [7, 11) is -1.92. The maximum atomic E-state index is 12.5. The number of halogens is 1. The summed E-state index contributed by atoms with van der Waals surface area (Å²) in [6.07, 6.45) is 1.19. The summed E-state index contributed by atoms with van der Waals surface area (Å²) in [5, 5.41) is 2.82. The Morgan fingerprint density at radius 3 is 2.32 bits per heavy atom. The Morgan fingerprint density at radius 2 is 1.71 bits per heavy atom. The monoisotopic (exact) mass is 594 g/mol. The van der Waals surface area contributed by atoms with Crippen molar-refractivity contribution in [1.29, 1.82) is 0 Å². The van der Waals surface area contributed by atoms with Crippen LogP contribution in [0.1, 0.15) is 21.5 Å². The fourth-order valence-electron chi connectivity index (χ4n) is 3.37. The maximum Gasteiger partial charge on any atom is 0.251 e. The number of hydrogen-bond donors (Lipinski definition) is 1. The second kappa shape index (κ2) is 11.6. The molecule has 1 N–H and O–H groups in total. The number of aryl methyl sites for hydroxylation is 1. The van der Waals surface area contributed by atoms with Crippen molar-refractivity contribution >= 4 is 44.2 Å². The minimum absolute atomic E-state index is 0.176. The number of rotatable bonds is 10. The highest BCUT2D eigenvalue weighted by Gasteiger charge is 2.20. The fourth-order valence-corrected chi connectivity index (χ4v) is 4.97. The number of methoxy groups -OCH3 is 1. The number of hydrogen-bond acceptors (Lipinski definition) is 5. The van der Waals surface area contributed by atoms with E-state index in [1.165, 1.54) is 10.6 Å². The topological polar surface area (TPSA) is 84.9 Å². The molecule has 9 heteroatoms. The zero-order valence-electron chi connectivity index (χ0n) is 19.2. The molecule has 0 aliphatic carbocycles. The lowest BCUT2D eigenvalue weighted by Crippen LogP contribution is -2.30. The van der Waals surface area contributed by atoms with Crippen LogP contribution >= 0.6 is 22.6 Å². The Bertz CT molecular complexity index is 1250. The molecule has 34 heavy (non-hydrogen) atoms. The average Bonchev–Trinajstić information content (AvgIpc) is 2.80. The van der Waals surface area contributed by atoms with Gasteiger partial charge in [-0.1, -0.05) is 24.3 Å². The zero-order chi connectivity index (χ0) is 24.7. The van der Waals surface area contributed by atoms with E-state index in [4.69, 9.17) is 9.47 Å². The molecule has 0 radical (unpaired) electrons. The number of ether oxygens (including phenoxy) is 2. The van der Waals surface area contributed by atoms with Crippen molar-refractivity contribution in [2.45, 2.75) is 13.5 Å². The lowest BCUT2D eigenvalue weighted by molar-refractivity contribution is 0.0947. The van der Waals surface area contributed by atoms with Gasteiger partial charge in [0.25, 0.3) is 5.91 Å². The molecule has 180 valence electrons. The summed E-state index contributed by atoms with van der Waals surface area (Å²) in [6.45, 7) is 2.69. The smallest absolute Gasteiger partial charge is 0.251 e. The van der Waals surface area contributed by atoms with Crippen molar-refractivity contribution < 1.29 is 22.7 Å². The van der Waals surface area contributed by atoms with Gasteiger partial charge in [-0.25, -0.2) is 8.42 Å². The summed E-state index contributed by atoms with van der Waals surface area (Å²) >= 11 is 2.20. The lowest BCUT2D eigenvalue weighted by atomic mass is 10.1. The van der Waals surface area contributed by atoms with Crippen LogP contribution < -0.4 is 19.1 Å². The second-order valence-corrected chi connectivity index (χ2v) is 10.8. The Kier molecular flexibility index (Phi) is 8.78. The van der Waals surface area contributed by atoms with E-state index in [-0.39, 0.29) is 12.5 Å². The standard InChI is InChI=1S/C25H27IN2O5S/c1-18-16-21(26)12-13-22(18)28(34(3,30)31)17-19-8-10-20(11-9-19)25(29)27-14-15-33-24-7-5-4-6-23(24)32-2/h4-13,16H,14-15,17H2,1-3H3,(H,27,29). The number of benzene rings is 3. The largest absolute Gasteiger partial charge is 0.493 e. The number of nitrogens with zero attached hydrogens (tertiary/aromatic N) is 1. The van der Waals surface area contributed by atoms with Gasteiger partial charge in [-0.15, -0.1) is 0 Å². The molecule has 7 nitrogen and oxygen atoms in total. The molecule has 0 saturated carbocycles. The minimum Gasteiger partial charge on any atom is -0.493 e. The summed E-state index contributed by atoms with van der Waals surface area (Å²) < 4.78 is 38.3. The Labute approximate surface area is 214 Å². The Balaban J connectivity index is 1.60. The average molecular weight is 594 g/mol. The number of carbonyl (C=O) groups excluding carboxylic acids is 1. The molecular weight excluding hydrogens is 567 g/mol. The molecular formula is C25H27IN2O5S. The Morgan fingerprint density at radius 1 is 1.03 bits per heavy atom. The first-order valence-electron chi connectivity index (χ1n) is 10.6. The quantitative estimate of drug-likeness (QED) is 0.278. The number of sulfonamides is 1. The maximum absolute atomic E-state index is 12.5. The minimum atomic E-state index is -3.49. The highest BCUT2D eigenvalue weighted by Crippen LogP contribution is 2.27. The van der Waals surface area contributed by atoms with Crippen LogP contribution in [-0.2, 0) is 16.6 Å². The van der Waals surface area contributed by atoms with Gasteiger partial charge in [-0.2, -0.15) is 0 Å². The Hall–Kier alpha value is -2.79. The summed E-state index contributed by atoms with van der Waals surface area (Å²) in [5.74, 6) is 1.01. The first-order chi connectivity index (χ1) is 16.2. The fraction of sp³-hybridized carbons (Fsp3) is 0.240. The van der Waals surface area contributed by atoms with E-state index in [1.807, 2.05) is 37.3 Å². The first-order valence-corrected chi connectivity index (χ1v) is 13.5. The number of amides is 1. The molecule has 0 spiro atoms. The van der Waals surface area contributed by atoms with Crippen LogP contribution in [0.4, 0.5) is 5.69 Å².